The third kappa shape index (κ3) is 5.76. The van der Waals surface area contributed by atoms with Crippen molar-refractivity contribution in [2.75, 3.05) is 26.2 Å². The van der Waals surface area contributed by atoms with E-state index < -0.39 is 0 Å². The summed E-state index contributed by atoms with van der Waals surface area (Å²) in [5, 5.41) is 19.7. The molecule has 1 N–H and O–H groups in total. The van der Waals surface area contributed by atoms with Crippen molar-refractivity contribution in [3.63, 3.8) is 0 Å². The fourth-order valence-electron chi connectivity index (χ4n) is 4.74. The summed E-state index contributed by atoms with van der Waals surface area (Å²) in [6, 6.07) is 18.1. The number of piperazine rings is 1. The van der Waals surface area contributed by atoms with Gasteiger partial charge in [0.15, 0.2) is 0 Å². The highest BCUT2D eigenvalue weighted by molar-refractivity contribution is 5.96. The molecule has 2 aromatic heterocycles. The Morgan fingerprint density at radius 2 is 1.79 bits per heavy atom. The third-order valence-corrected chi connectivity index (χ3v) is 7.00. The smallest absolute Gasteiger partial charge is 0.257 e. The number of rotatable bonds is 7. The molecule has 198 valence electrons. The minimum atomic E-state index is -0.144. The van der Waals surface area contributed by atoms with Gasteiger partial charge in [-0.25, -0.2) is 4.98 Å². The van der Waals surface area contributed by atoms with Crippen LogP contribution in [0.3, 0.4) is 0 Å². The summed E-state index contributed by atoms with van der Waals surface area (Å²) < 4.78 is 8.24. The number of para-hydroxylation sites is 1. The van der Waals surface area contributed by atoms with Gasteiger partial charge in [-0.2, -0.15) is 5.26 Å². The number of phenolic OH excluding ortho intramolecular Hbond substituents is 1. The van der Waals surface area contributed by atoms with Crippen LogP contribution in [0.25, 0.3) is 0 Å². The van der Waals surface area contributed by atoms with E-state index in [2.05, 4.69) is 25.5 Å². The van der Waals surface area contributed by atoms with Crippen molar-refractivity contribution in [3.05, 3.63) is 101 Å². The van der Waals surface area contributed by atoms with Crippen molar-refractivity contribution in [3.8, 4) is 23.3 Å². The van der Waals surface area contributed by atoms with Gasteiger partial charge in [-0.15, -0.1) is 0 Å². The number of ether oxygens (including phenoxy) is 1. The van der Waals surface area contributed by atoms with Crippen molar-refractivity contribution in [1.82, 2.24) is 24.3 Å². The van der Waals surface area contributed by atoms with Gasteiger partial charge in [-0.05, 0) is 55.8 Å². The number of hydrogen-bond donors (Lipinski definition) is 1. The Labute approximate surface area is 227 Å². The predicted octanol–water partition coefficient (Wildman–Crippen LogP) is 4.27. The normalized spacial score (nSPS) is 13.7. The van der Waals surface area contributed by atoms with Gasteiger partial charge in [0.1, 0.15) is 29.1 Å². The summed E-state index contributed by atoms with van der Waals surface area (Å²) >= 11 is 0. The molecule has 1 fully saturated rings. The van der Waals surface area contributed by atoms with E-state index in [-0.39, 0.29) is 11.7 Å². The number of pyridine rings is 1. The summed E-state index contributed by atoms with van der Waals surface area (Å²) in [6.45, 7) is 7.76. The first kappa shape index (κ1) is 25.9. The van der Waals surface area contributed by atoms with Crippen LogP contribution in [0.5, 0.6) is 17.2 Å². The molecule has 9 nitrogen and oxygen atoms in total. The monoisotopic (exact) mass is 522 g/mol. The molecule has 5 rings (SSSR count). The lowest BCUT2D eigenvalue weighted by Gasteiger charge is -2.35. The number of hydrogen-bond acceptors (Lipinski definition) is 7. The molecule has 39 heavy (non-hydrogen) atoms. The molecular formula is C30H30N6O3. The highest BCUT2D eigenvalue weighted by atomic mass is 16.5. The zero-order chi connectivity index (χ0) is 27.4. The molecule has 3 heterocycles. The lowest BCUT2D eigenvalue weighted by molar-refractivity contribution is 0.0623. The van der Waals surface area contributed by atoms with E-state index in [4.69, 9.17) is 4.74 Å². The maximum atomic E-state index is 12.9. The van der Waals surface area contributed by atoms with Gasteiger partial charge in [0.05, 0.1) is 22.5 Å². The van der Waals surface area contributed by atoms with E-state index in [0.717, 1.165) is 35.9 Å². The number of phenols is 1. The van der Waals surface area contributed by atoms with Crippen molar-refractivity contribution in [2.45, 2.75) is 26.9 Å². The van der Waals surface area contributed by atoms with Crippen LogP contribution < -0.4 is 4.74 Å². The molecule has 0 radical (unpaired) electrons. The van der Waals surface area contributed by atoms with Gasteiger partial charge < -0.3 is 19.3 Å². The number of carbonyl (C=O) groups excluding carboxylic acids is 1. The third-order valence-electron chi connectivity index (χ3n) is 7.00. The number of aromatic hydroxyl groups is 1. The predicted molar refractivity (Wildman–Crippen MR) is 146 cm³/mol. The van der Waals surface area contributed by atoms with Gasteiger partial charge in [0.2, 0.25) is 0 Å². The van der Waals surface area contributed by atoms with Gasteiger partial charge in [-0.1, -0.05) is 18.2 Å². The molecule has 9 heteroatoms. The van der Waals surface area contributed by atoms with Crippen LogP contribution in [0.4, 0.5) is 0 Å². The molecule has 1 aliphatic rings. The molecule has 0 atom stereocenters. The second-order valence-corrected chi connectivity index (χ2v) is 9.60. The number of amides is 1. The number of carbonyl (C=O) groups is 1. The Hall–Kier alpha value is -4.68. The molecule has 0 aliphatic carbocycles. The number of imidazole rings is 1. The van der Waals surface area contributed by atoms with E-state index in [0.29, 0.717) is 48.8 Å². The number of nitrogens with zero attached hydrogens (tertiary/aromatic N) is 6. The number of benzene rings is 2. The summed E-state index contributed by atoms with van der Waals surface area (Å²) in [6.07, 6.45) is 3.61. The number of aromatic nitrogens is 3. The van der Waals surface area contributed by atoms with Gasteiger partial charge in [-0.3, -0.25) is 14.7 Å². The SMILES string of the molecule is Cc1ncccc1Oc1cc(Cn2c(CN3CCN(C(=O)c4ccccc4O)CC3)cnc2C)ccc1C#N. The first-order valence-electron chi connectivity index (χ1n) is 12.9. The Balaban J connectivity index is 1.26. The standard InChI is InChI=1S/C30H30N6O3/c1-21-28(8-5-11-32-21)39-29-16-23(9-10-24(29)17-31)19-36-22(2)33-18-25(36)20-34-12-14-35(15-13-34)30(38)26-6-3-4-7-27(26)37/h3-11,16,18,37H,12-15,19-20H2,1-2H3. The summed E-state index contributed by atoms with van der Waals surface area (Å²) in [5.41, 5.74) is 3.61. The summed E-state index contributed by atoms with van der Waals surface area (Å²) in [7, 11) is 0. The van der Waals surface area contributed by atoms with E-state index in [1.807, 2.05) is 38.2 Å². The lowest BCUT2D eigenvalue weighted by atomic mass is 10.1. The van der Waals surface area contributed by atoms with Crippen LogP contribution in [0.2, 0.25) is 0 Å². The van der Waals surface area contributed by atoms with E-state index in [1.54, 1.807) is 41.4 Å². The zero-order valence-corrected chi connectivity index (χ0v) is 22.0. The van der Waals surface area contributed by atoms with Gasteiger partial charge in [0.25, 0.3) is 5.91 Å². The van der Waals surface area contributed by atoms with Crippen molar-refractivity contribution in [1.29, 1.82) is 5.26 Å². The molecule has 1 aliphatic heterocycles. The fraction of sp³-hybridized carbons (Fsp3) is 0.267. The quantitative estimate of drug-likeness (QED) is 0.386. The second-order valence-electron chi connectivity index (χ2n) is 9.60. The van der Waals surface area contributed by atoms with Crippen molar-refractivity contribution in [2.24, 2.45) is 0 Å². The van der Waals surface area contributed by atoms with E-state index >= 15 is 0 Å². The molecule has 1 amide bonds. The molecule has 0 unspecified atom stereocenters. The van der Waals surface area contributed by atoms with Crippen LogP contribution in [-0.2, 0) is 13.1 Å². The highest BCUT2D eigenvalue weighted by Gasteiger charge is 2.24. The van der Waals surface area contributed by atoms with Crippen LogP contribution >= 0.6 is 0 Å². The maximum Gasteiger partial charge on any atom is 0.257 e. The summed E-state index contributed by atoms with van der Waals surface area (Å²) in [4.78, 5) is 25.8. The average molecular weight is 523 g/mol. The Bertz CT molecular complexity index is 1530. The van der Waals surface area contributed by atoms with Crippen LogP contribution in [0.15, 0.2) is 67.0 Å². The highest BCUT2D eigenvalue weighted by Crippen LogP contribution is 2.28. The topological polar surface area (TPSA) is 108 Å². The van der Waals surface area contributed by atoms with Gasteiger partial charge in [0, 0.05) is 51.7 Å². The molecule has 1 saturated heterocycles. The number of aryl methyl sites for hydroxylation is 2. The Morgan fingerprint density at radius 3 is 2.54 bits per heavy atom. The molecule has 4 aromatic rings. The van der Waals surface area contributed by atoms with E-state index in [1.165, 1.54) is 6.07 Å². The molecule has 2 aromatic carbocycles. The minimum absolute atomic E-state index is 0.0104. The molecule has 0 saturated carbocycles. The first-order valence-corrected chi connectivity index (χ1v) is 12.9. The maximum absolute atomic E-state index is 12.9. The second kappa shape index (κ2) is 11.4. The lowest BCUT2D eigenvalue weighted by Crippen LogP contribution is -2.48. The summed E-state index contributed by atoms with van der Waals surface area (Å²) in [5.74, 6) is 1.87. The van der Waals surface area contributed by atoms with Crippen LogP contribution in [-0.4, -0.2) is 61.5 Å². The largest absolute Gasteiger partial charge is 0.507 e. The van der Waals surface area contributed by atoms with Crippen molar-refractivity contribution >= 4 is 5.91 Å². The van der Waals surface area contributed by atoms with E-state index in [9.17, 15) is 15.2 Å². The Morgan fingerprint density at radius 1 is 1.00 bits per heavy atom. The number of nitriles is 1. The minimum Gasteiger partial charge on any atom is -0.507 e. The van der Waals surface area contributed by atoms with Crippen molar-refractivity contribution < 1.29 is 14.6 Å². The van der Waals surface area contributed by atoms with Gasteiger partial charge >= 0.3 is 0 Å². The molecular weight excluding hydrogens is 492 g/mol. The Kier molecular flexibility index (Phi) is 7.57. The van der Waals surface area contributed by atoms with Crippen LogP contribution in [0.1, 0.15) is 38.7 Å². The zero-order valence-electron chi connectivity index (χ0n) is 22.0. The molecule has 0 spiro atoms. The fourth-order valence-corrected chi connectivity index (χ4v) is 4.74. The molecule has 0 bridgehead atoms. The average Bonchev–Trinajstić information content (AvgIpc) is 3.28. The first-order chi connectivity index (χ1) is 18.9. The van der Waals surface area contributed by atoms with Crippen LogP contribution in [0, 0.1) is 25.2 Å².